The zero-order valence-corrected chi connectivity index (χ0v) is 10.8. The van der Waals surface area contributed by atoms with Crippen LogP contribution in [0.2, 0.25) is 0 Å². The number of benzene rings is 2. The molecule has 1 aromatic heterocycles. The second-order valence-corrected chi connectivity index (χ2v) is 4.56. The van der Waals surface area contributed by atoms with Gasteiger partial charge >= 0.3 is 5.76 Å². The summed E-state index contributed by atoms with van der Waals surface area (Å²) in [5.74, 6) is -0.572. The molecule has 0 saturated heterocycles. The maximum absolute atomic E-state index is 12.4. The SMILES string of the molecule is Cn1c(=O)oc2ccc(C(=O)c3ccc(N)cc3)cc21. The fourth-order valence-corrected chi connectivity index (χ4v) is 2.07. The predicted molar refractivity (Wildman–Crippen MR) is 75.7 cm³/mol. The Bertz CT molecular complexity index is 857. The van der Waals surface area contributed by atoms with Crippen LogP contribution in [-0.2, 0) is 7.05 Å². The Labute approximate surface area is 114 Å². The number of aryl methyl sites for hydroxylation is 1. The summed E-state index contributed by atoms with van der Waals surface area (Å²) in [6, 6.07) is 11.6. The van der Waals surface area contributed by atoms with Gasteiger partial charge in [0, 0.05) is 23.9 Å². The van der Waals surface area contributed by atoms with Crippen LogP contribution in [0.3, 0.4) is 0 Å². The standard InChI is InChI=1S/C15H12N2O3/c1-17-12-8-10(4-7-13(12)20-15(17)19)14(18)9-2-5-11(16)6-3-9/h2-8H,16H2,1H3. The van der Waals surface area contributed by atoms with Crippen LogP contribution in [0.5, 0.6) is 0 Å². The van der Waals surface area contributed by atoms with Gasteiger partial charge in [0.05, 0.1) is 5.52 Å². The van der Waals surface area contributed by atoms with Gasteiger partial charge < -0.3 is 10.2 Å². The van der Waals surface area contributed by atoms with Crippen LogP contribution >= 0.6 is 0 Å². The van der Waals surface area contributed by atoms with Crippen molar-refractivity contribution < 1.29 is 9.21 Å². The Hall–Kier alpha value is -2.82. The number of aromatic nitrogens is 1. The van der Waals surface area contributed by atoms with Crippen molar-refractivity contribution in [3.8, 4) is 0 Å². The summed E-state index contributed by atoms with van der Waals surface area (Å²) in [4.78, 5) is 23.8. The highest BCUT2D eigenvalue weighted by Gasteiger charge is 2.12. The third-order valence-electron chi connectivity index (χ3n) is 3.23. The van der Waals surface area contributed by atoms with Crippen LogP contribution in [0, 0.1) is 0 Å². The molecule has 3 aromatic rings. The number of nitrogens with two attached hydrogens (primary N) is 1. The summed E-state index contributed by atoms with van der Waals surface area (Å²) < 4.78 is 6.40. The number of fused-ring (bicyclic) bond motifs is 1. The monoisotopic (exact) mass is 268 g/mol. The maximum Gasteiger partial charge on any atom is 0.419 e. The zero-order chi connectivity index (χ0) is 14.3. The molecule has 0 radical (unpaired) electrons. The van der Waals surface area contributed by atoms with Crippen molar-refractivity contribution >= 4 is 22.6 Å². The lowest BCUT2D eigenvalue weighted by Gasteiger charge is -2.02. The van der Waals surface area contributed by atoms with Crippen molar-refractivity contribution in [1.29, 1.82) is 0 Å². The van der Waals surface area contributed by atoms with Gasteiger partial charge in [0.2, 0.25) is 0 Å². The quantitative estimate of drug-likeness (QED) is 0.569. The molecule has 0 amide bonds. The van der Waals surface area contributed by atoms with Crippen molar-refractivity contribution in [2.45, 2.75) is 0 Å². The van der Waals surface area contributed by atoms with Crippen molar-refractivity contribution in [3.05, 3.63) is 64.1 Å². The van der Waals surface area contributed by atoms with Crippen molar-refractivity contribution in [2.24, 2.45) is 7.05 Å². The molecule has 5 nitrogen and oxygen atoms in total. The Morgan fingerprint density at radius 2 is 1.75 bits per heavy atom. The Balaban J connectivity index is 2.10. The van der Waals surface area contributed by atoms with E-state index >= 15 is 0 Å². The van der Waals surface area contributed by atoms with Gasteiger partial charge in [0.1, 0.15) is 0 Å². The number of nitrogen functional groups attached to an aromatic ring is 1. The topological polar surface area (TPSA) is 78.2 Å². The van der Waals surface area contributed by atoms with E-state index in [2.05, 4.69) is 0 Å². The molecule has 0 aliphatic heterocycles. The maximum atomic E-state index is 12.4. The molecule has 0 aliphatic rings. The molecule has 2 N–H and O–H groups in total. The van der Waals surface area contributed by atoms with Crippen LogP contribution < -0.4 is 11.5 Å². The van der Waals surface area contributed by atoms with Gasteiger partial charge in [-0.05, 0) is 42.5 Å². The van der Waals surface area contributed by atoms with Gasteiger partial charge in [0.15, 0.2) is 11.4 Å². The number of oxazole rings is 1. The smallest absolute Gasteiger partial charge is 0.408 e. The lowest BCUT2D eigenvalue weighted by Crippen LogP contribution is -2.08. The first-order valence-corrected chi connectivity index (χ1v) is 6.06. The molecular formula is C15H12N2O3. The molecule has 100 valence electrons. The average molecular weight is 268 g/mol. The molecule has 1 heterocycles. The summed E-state index contributed by atoms with van der Waals surface area (Å²) in [7, 11) is 1.60. The molecule has 0 atom stereocenters. The van der Waals surface area contributed by atoms with Gasteiger partial charge in [0.25, 0.3) is 0 Å². The van der Waals surface area contributed by atoms with E-state index in [-0.39, 0.29) is 5.78 Å². The van der Waals surface area contributed by atoms with E-state index in [1.807, 2.05) is 0 Å². The molecule has 0 spiro atoms. The number of hydrogen-bond acceptors (Lipinski definition) is 4. The number of carbonyl (C=O) groups is 1. The lowest BCUT2D eigenvalue weighted by molar-refractivity contribution is 0.103. The van der Waals surface area contributed by atoms with Gasteiger partial charge in [-0.15, -0.1) is 0 Å². The van der Waals surface area contributed by atoms with Crippen molar-refractivity contribution in [3.63, 3.8) is 0 Å². The highest BCUT2D eigenvalue weighted by molar-refractivity contribution is 6.10. The van der Waals surface area contributed by atoms with Gasteiger partial charge in [-0.3, -0.25) is 9.36 Å². The first-order valence-electron chi connectivity index (χ1n) is 6.06. The summed E-state index contributed by atoms with van der Waals surface area (Å²) in [6.07, 6.45) is 0. The molecule has 20 heavy (non-hydrogen) atoms. The fraction of sp³-hybridized carbons (Fsp3) is 0.0667. The van der Waals surface area contributed by atoms with Crippen LogP contribution in [0.25, 0.3) is 11.1 Å². The van der Waals surface area contributed by atoms with Crippen LogP contribution in [0.4, 0.5) is 5.69 Å². The molecule has 2 aromatic carbocycles. The number of hydrogen-bond donors (Lipinski definition) is 1. The summed E-state index contributed by atoms with van der Waals surface area (Å²) >= 11 is 0. The lowest BCUT2D eigenvalue weighted by atomic mass is 10.0. The molecular weight excluding hydrogens is 256 g/mol. The number of carbonyl (C=O) groups excluding carboxylic acids is 1. The van der Waals surface area contributed by atoms with Crippen molar-refractivity contribution in [2.75, 3.05) is 5.73 Å². The highest BCUT2D eigenvalue weighted by Crippen LogP contribution is 2.17. The van der Waals surface area contributed by atoms with Gasteiger partial charge in [-0.25, -0.2) is 4.79 Å². The fourth-order valence-electron chi connectivity index (χ4n) is 2.07. The van der Waals surface area contributed by atoms with E-state index in [9.17, 15) is 9.59 Å². The van der Waals surface area contributed by atoms with Crippen molar-refractivity contribution in [1.82, 2.24) is 4.57 Å². The normalized spacial score (nSPS) is 10.8. The van der Waals surface area contributed by atoms with E-state index in [1.54, 1.807) is 49.5 Å². The van der Waals surface area contributed by atoms with E-state index in [0.717, 1.165) is 0 Å². The number of nitrogens with zero attached hydrogens (tertiary/aromatic N) is 1. The second kappa shape index (κ2) is 4.38. The Morgan fingerprint density at radius 1 is 1.10 bits per heavy atom. The molecule has 0 unspecified atom stereocenters. The minimum Gasteiger partial charge on any atom is -0.408 e. The van der Waals surface area contributed by atoms with Gasteiger partial charge in [-0.1, -0.05) is 0 Å². The first-order chi connectivity index (χ1) is 9.56. The minimum absolute atomic E-state index is 0.124. The summed E-state index contributed by atoms with van der Waals surface area (Å²) in [6.45, 7) is 0. The third-order valence-corrected chi connectivity index (χ3v) is 3.23. The molecule has 5 heteroatoms. The third kappa shape index (κ3) is 1.89. The minimum atomic E-state index is -0.447. The Morgan fingerprint density at radius 3 is 2.45 bits per heavy atom. The second-order valence-electron chi connectivity index (χ2n) is 4.56. The zero-order valence-electron chi connectivity index (χ0n) is 10.8. The van der Waals surface area contributed by atoms with E-state index in [0.29, 0.717) is 27.9 Å². The van der Waals surface area contributed by atoms with E-state index < -0.39 is 5.76 Å². The summed E-state index contributed by atoms with van der Waals surface area (Å²) in [5, 5.41) is 0. The highest BCUT2D eigenvalue weighted by atomic mass is 16.4. The number of rotatable bonds is 2. The molecule has 0 saturated carbocycles. The van der Waals surface area contributed by atoms with Crippen LogP contribution in [0.15, 0.2) is 51.7 Å². The predicted octanol–water partition coefficient (Wildman–Crippen LogP) is 1.94. The molecule has 0 bridgehead atoms. The summed E-state index contributed by atoms with van der Waals surface area (Å²) in [5.41, 5.74) is 8.31. The van der Waals surface area contributed by atoms with Crippen LogP contribution in [0.1, 0.15) is 15.9 Å². The average Bonchev–Trinajstić information content (AvgIpc) is 2.74. The molecule has 3 rings (SSSR count). The van der Waals surface area contributed by atoms with Crippen LogP contribution in [-0.4, -0.2) is 10.4 Å². The largest absolute Gasteiger partial charge is 0.419 e. The number of anilines is 1. The van der Waals surface area contributed by atoms with E-state index in [1.165, 1.54) is 4.57 Å². The van der Waals surface area contributed by atoms with E-state index in [4.69, 9.17) is 10.2 Å². The molecule has 0 aliphatic carbocycles. The number of ketones is 1. The first kappa shape index (κ1) is 12.2. The van der Waals surface area contributed by atoms with Gasteiger partial charge in [-0.2, -0.15) is 0 Å². The Kier molecular flexibility index (Phi) is 2.68. The molecule has 0 fully saturated rings.